The van der Waals surface area contributed by atoms with Crippen LogP contribution in [0.4, 0.5) is 0 Å². The highest BCUT2D eigenvalue weighted by atomic mass is 16.3. The van der Waals surface area contributed by atoms with Gasteiger partial charge in [-0.2, -0.15) is 0 Å². The Bertz CT molecular complexity index is 3500. The third kappa shape index (κ3) is 5.04. The molecule has 2 heterocycles. The summed E-state index contributed by atoms with van der Waals surface area (Å²) in [6.07, 6.45) is 0. The van der Waals surface area contributed by atoms with Gasteiger partial charge in [0.1, 0.15) is 11.2 Å². The summed E-state index contributed by atoms with van der Waals surface area (Å²) in [5.41, 5.74) is 3.06. The van der Waals surface area contributed by atoms with E-state index >= 15 is 0 Å². The molecule has 0 N–H and O–H groups in total. The van der Waals surface area contributed by atoms with Crippen LogP contribution in [0.15, 0.2) is 180 Å². The molecule has 0 fully saturated rings. The average molecular weight is 663 g/mol. The number of furan rings is 1. The van der Waals surface area contributed by atoms with Crippen LogP contribution in [0.25, 0.3) is 99.9 Å². The van der Waals surface area contributed by atoms with Crippen molar-refractivity contribution in [3.05, 3.63) is 176 Å². The first-order chi connectivity index (χ1) is 29.8. The highest BCUT2D eigenvalue weighted by Crippen LogP contribution is 2.41. The van der Waals surface area contributed by atoms with Crippen LogP contribution in [-0.4, -0.2) is 15.0 Å². The summed E-state index contributed by atoms with van der Waals surface area (Å²) in [6, 6.07) is 29.1. The Kier molecular flexibility index (Phi) is 4.65. The second-order valence-electron chi connectivity index (χ2n) is 12.0. The lowest BCUT2D eigenvalue weighted by molar-refractivity contribution is 0.670. The van der Waals surface area contributed by atoms with Gasteiger partial charge >= 0.3 is 0 Å². The number of hydrogen-bond acceptors (Lipinski definition) is 4. The minimum absolute atomic E-state index is 0.0142. The average Bonchev–Trinajstić information content (AvgIpc) is 3.65. The topological polar surface area (TPSA) is 51.8 Å². The van der Waals surface area contributed by atoms with Crippen LogP contribution in [0.5, 0.6) is 0 Å². The van der Waals surface area contributed by atoms with Gasteiger partial charge in [-0.3, -0.25) is 0 Å². The number of fused-ring (bicyclic) bond motifs is 6. The summed E-state index contributed by atoms with van der Waals surface area (Å²) >= 11 is 0. The van der Waals surface area contributed by atoms with Gasteiger partial charge in [-0.05, 0) is 50.4 Å². The van der Waals surface area contributed by atoms with Crippen LogP contribution < -0.4 is 0 Å². The van der Waals surface area contributed by atoms with Crippen molar-refractivity contribution in [2.24, 2.45) is 0 Å². The second-order valence-corrected chi connectivity index (χ2v) is 12.0. The number of para-hydroxylation sites is 1. The summed E-state index contributed by atoms with van der Waals surface area (Å²) in [5.74, 6) is 0.0682. The van der Waals surface area contributed by atoms with Gasteiger partial charge in [-0.25, -0.2) is 15.0 Å². The lowest BCUT2D eigenvalue weighted by atomic mass is 9.98. The number of hydrogen-bond donors (Lipinski definition) is 0. The van der Waals surface area contributed by atoms with Crippen LogP contribution in [0.1, 0.15) is 15.1 Å². The van der Waals surface area contributed by atoms with Gasteiger partial charge in [-0.1, -0.05) is 164 Å². The van der Waals surface area contributed by atoms with Crippen molar-refractivity contribution in [1.82, 2.24) is 15.0 Å². The zero-order chi connectivity index (χ0) is 43.3. The predicted molar refractivity (Wildman–Crippen MR) is 209 cm³/mol. The van der Waals surface area contributed by atoms with Gasteiger partial charge in [0.2, 0.25) is 0 Å². The maximum absolute atomic E-state index is 9.27. The molecule has 0 amide bonds. The molecule has 0 saturated carbocycles. The first-order valence-corrected chi connectivity index (χ1v) is 16.2. The monoisotopic (exact) mass is 662 g/mol. The molecule has 0 saturated heterocycles. The second kappa shape index (κ2) is 11.9. The van der Waals surface area contributed by atoms with Gasteiger partial charge in [-0.15, -0.1) is 0 Å². The van der Waals surface area contributed by atoms with Crippen molar-refractivity contribution in [3.63, 3.8) is 0 Å². The van der Waals surface area contributed by atoms with E-state index in [4.69, 9.17) is 33.1 Å². The molecule has 0 radical (unpaired) electrons. The molecule has 0 atom stereocenters. The molecular weight excluding hydrogens is 623 g/mol. The minimum Gasteiger partial charge on any atom is -0.455 e. The molecular formula is C47H29N3O. The van der Waals surface area contributed by atoms with E-state index in [1.54, 1.807) is 48.5 Å². The Morgan fingerprint density at radius 2 is 1.10 bits per heavy atom. The fourth-order valence-electron chi connectivity index (χ4n) is 6.59. The summed E-state index contributed by atoms with van der Waals surface area (Å²) in [6.45, 7) is 0. The highest BCUT2D eigenvalue weighted by Gasteiger charge is 2.20. The lowest BCUT2D eigenvalue weighted by Gasteiger charge is -2.10. The van der Waals surface area contributed by atoms with Gasteiger partial charge in [0.05, 0.1) is 15.1 Å². The van der Waals surface area contributed by atoms with Crippen LogP contribution in [0.3, 0.4) is 0 Å². The summed E-state index contributed by atoms with van der Waals surface area (Å²) < 4.78 is 100. The molecule has 10 aromatic rings. The van der Waals surface area contributed by atoms with E-state index in [1.807, 2.05) is 54.6 Å². The highest BCUT2D eigenvalue weighted by molar-refractivity contribution is 6.15. The SMILES string of the molecule is [2H]c1cc(-c2ccc(-c3c([2H])c([2H])c([2H])c([2H])c3[2H])cc2)c2oc3ccc([2H])c(-c4nc(-c5ccc6ccc7ccccc7c6c5)nc(-c5c([2H])c([2H])cc([2H])c5[2H])n4)c3c2c1. The molecule has 0 bridgehead atoms. The fraction of sp³-hybridized carbons (Fsp3) is 0. The van der Waals surface area contributed by atoms with E-state index in [0.29, 0.717) is 44.2 Å². The zero-order valence-electron chi connectivity index (χ0n) is 37.6. The van der Waals surface area contributed by atoms with E-state index < -0.39 is 18.1 Å². The summed E-state index contributed by atoms with van der Waals surface area (Å²) in [5, 5.41) is 4.88. The number of aromatic nitrogens is 3. The number of benzene rings is 8. The molecule has 51 heavy (non-hydrogen) atoms. The van der Waals surface area contributed by atoms with Gasteiger partial charge < -0.3 is 4.42 Å². The first kappa shape index (κ1) is 19.9. The smallest absolute Gasteiger partial charge is 0.164 e. The minimum atomic E-state index is -0.478. The van der Waals surface area contributed by atoms with E-state index in [-0.39, 0.29) is 82.5 Å². The van der Waals surface area contributed by atoms with Crippen molar-refractivity contribution in [3.8, 4) is 56.4 Å². The normalized spacial score (nSPS) is 14.5. The lowest BCUT2D eigenvalue weighted by Crippen LogP contribution is -2.00. The number of rotatable bonds is 5. The van der Waals surface area contributed by atoms with Crippen LogP contribution in [-0.2, 0) is 0 Å². The van der Waals surface area contributed by atoms with Gasteiger partial charge in [0.25, 0.3) is 0 Å². The Morgan fingerprint density at radius 3 is 1.94 bits per heavy atom. The Hall–Kier alpha value is -6.91. The van der Waals surface area contributed by atoms with Crippen LogP contribution in [0.2, 0.25) is 0 Å². The molecule has 4 nitrogen and oxygen atoms in total. The fourth-order valence-corrected chi connectivity index (χ4v) is 6.59. The van der Waals surface area contributed by atoms with Crippen molar-refractivity contribution in [1.29, 1.82) is 0 Å². The molecule has 0 aliphatic rings. The Balaban J connectivity index is 1.20. The van der Waals surface area contributed by atoms with Crippen molar-refractivity contribution in [2.45, 2.75) is 0 Å². The summed E-state index contributed by atoms with van der Waals surface area (Å²) in [4.78, 5) is 14.5. The molecule has 0 aliphatic heterocycles. The van der Waals surface area contributed by atoms with Gasteiger partial charge in [0.15, 0.2) is 17.5 Å². The van der Waals surface area contributed by atoms with E-state index in [2.05, 4.69) is 0 Å². The summed E-state index contributed by atoms with van der Waals surface area (Å²) in [7, 11) is 0. The van der Waals surface area contributed by atoms with Crippen molar-refractivity contribution in [2.75, 3.05) is 0 Å². The molecule has 0 unspecified atom stereocenters. The quantitative estimate of drug-likeness (QED) is 0.172. The number of nitrogens with zero attached hydrogens (tertiary/aromatic N) is 3. The Labute approximate surface area is 309 Å². The van der Waals surface area contributed by atoms with Crippen LogP contribution >= 0.6 is 0 Å². The molecule has 238 valence electrons. The zero-order valence-corrected chi connectivity index (χ0v) is 26.6. The van der Waals surface area contributed by atoms with Crippen LogP contribution in [0, 0.1) is 0 Å². The van der Waals surface area contributed by atoms with E-state index in [0.717, 1.165) is 27.6 Å². The Morgan fingerprint density at radius 1 is 0.412 bits per heavy atom. The molecule has 10 rings (SSSR count). The third-order valence-corrected chi connectivity index (χ3v) is 9.00. The molecule has 0 spiro atoms. The van der Waals surface area contributed by atoms with E-state index in [1.165, 1.54) is 0 Å². The largest absolute Gasteiger partial charge is 0.455 e. The van der Waals surface area contributed by atoms with Gasteiger partial charge in [0, 0.05) is 33.0 Å². The maximum atomic E-state index is 9.27. The maximum Gasteiger partial charge on any atom is 0.164 e. The standard InChI is InChI=1S/C47H29N3O/c1-3-11-30(12-4-1)31-21-23-33(24-22-31)38-17-9-18-39-43-40(19-10-20-42(43)51-44(38)39)47-49-45(35-14-5-2-6-15-35)48-46(50-47)36-28-27-34-26-25-32-13-7-8-16-37(32)41(34)29-36/h1-29H/i1D,3D,4D,5D,6D,9D,11D,12D,14D,15D,19D. The molecule has 2 aromatic heterocycles. The molecule has 0 aliphatic carbocycles. The first-order valence-electron chi connectivity index (χ1n) is 21.7. The van der Waals surface area contributed by atoms with E-state index in [9.17, 15) is 1.37 Å². The predicted octanol–water partition coefficient (Wildman–Crippen LogP) is 12.4. The third-order valence-electron chi connectivity index (χ3n) is 9.00. The molecule has 4 heteroatoms. The molecule has 8 aromatic carbocycles. The van der Waals surface area contributed by atoms with Crippen molar-refractivity contribution >= 4 is 43.5 Å². The van der Waals surface area contributed by atoms with Crippen molar-refractivity contribution < 1.29 is 19.5 Å².